The van der Waals surface area contributed by atoms with Crippen LogP contribution in [-0.4, -0.2) is 48.1 Å². The molecule has 0 radical (unpaired) electrons. The van der Waals surface area contributed by atoms with Crippen molar-refractivity contribution in [2.75, 3.05) is 24.7 Å². The number of hydrogen-bond acceptors (Lipinski definition) is 5. The molecule has 0 amide bonds. The number of aromatic nitrogens is 2. The van der Waals surface area contributed by atoms with Gasteiger partial charge in [0.1, 0.15) is 0 Å². The lowest BCUT2D eigenvalue weighted by molar-refractivity contribution is 0.355. The Morgan fingerprint density at radius 2 is 1.89 bits per heavy atom. The summed E-state index contributed by atoms with van der Waals surface area (Å²) in [5, 5.41) is 3.07. The molecule has 0 fully saturated rings. The van der Waals surface area contributed by atoms with E-state index in [1.54, 1.807) is 12.4 Å². The highest BCUT2D eigenvalue weighted by atomic mass is 32.2. The number of aryl methyl sites for hydroxylation is 1. The van der Waals surface area contributed by atoms with Crippen LogP contribution in [0.25, 0.3) is 0 Å². The van der Waals surface area contributed by atoms with Gasteiger partial charge in [-0.05, 0) is 32.8 Å². The van der Waals surface area contributed by atoms with Crippen LogP contribution in [0.3, 0.4) is 0 Å². The molecule has 6 nitrogen and oxygen atoms in total. The van der Waals surface area contributed by atoms with E-state index in [4.69, 9.17) is 0 Å². The molecular weight excluding hydrogens is 264 g/mol. The van der Waals surface area contributed by atoms with Crippen molar-refractivity contribution in [3.05, 3.63) is 18.0 Å². The zero-order valence-corrected chi connectivity index (χ0v) is 12.7. The molecule has 7 heteroatoms. The second-order valence-corrected chi connectivity index (χ2v) is 6.77. The second kappa shape index (κ2) is 6.81. The van der Waals surface area contributed by atoms with Crippen molar-refractivity contribution in [3.8, 4) is 0 Å². The second-order valence-electron chi connectivity index (χ2n) is 4.83. The van der Waals surface area contributed by atoms with Gasteiger partial charge >= 0.3 is 0 Å². The molecule has 0 aliphatic heterocycles. The molecule has 1 rings (SSSR count). The monoisotopic (exact) mass is 286 g/mol. The maximum Gasteiger partial charge on any atom is 0.222 e. The molecule has 1 aromatic heterocycles. The van der Waals surface area contributed by atoms with Crippen LogP contribution in [0.1, 0.15) is 25.8 Å². The fraction of sp³-hybridized carbons (Fsp3) is 0.667. The van der Waals surface area contributed by atoms with Crippen molar-refractivity contribution in [2.45, 2.75) is 33.2 Å². The van der Waals surface area contributed by atoms with Crippen LogP contribution in [0.5, 0.6) is 0 Å². The smallest absolute Gasteiger partial charge is 0.222 e. The van der Waals surface area contributed by atoms with Crippen molar-refractivity contribution < 1.29 is 8.42 Å². The van der Waals surface area contributed by atoms with E-state index in [1.807, 2.05) is 20.8 Å². The minimum Gasteiger partial charge on any atom is -0.354 e. The van der Waals surface area contributed by atoms with E-state index in [2.05, 4.69) is 15.3 Å². The lowest BCUT2D eigenvalue weighted by Gasteiger charge is -2.23. The van der Waals surface area contributed by atoms with Crippen LogP contribution in [-0.2, 0) is 10.0 Å². The Morgan fingerprint density at radius 1 is 1.32 bits per heavy atom. The maximum atomic E-state index is 11.6. The van der Waals surface area contributed by atoms with Crippen LogP contribution in [0, 0.1) is 6.92 Å². The van der Waals surface area contributed by atoms with E-state index in [0.29, 0.717) is 25.5 Å². The fourth-order valence-electron chi connectivity index (χ4n) is 1.73. The highest BCUT2D eigenvalue weighted by Gasteiger charge is 2.18. The molecule has 0 saturated carbocycles. The van der Waals surface area contributed by atoms with E-state index < -0.39 is 10.0 Å². The molecule has 0 bridgehead atoms. The molecule has 0 unspecified atom stereocenters. The van der Waals surface area contributed by atoms with Crippen LogP contribution in [0.15, 0.2) is 12.4 Å². The summed E-state index contributed by atoms with van der Waals surface area (Å²) >= 11 is 0. The van der Waals surface area contributed by atoms with E-state index in [1.165, 1.54) is 10.6 Å². The molecule has 1 aromatic rings. The standard InChI is InChI=1S/C12H22N4O2S/c1-10(2)16(19(4,17)18)7-5-6-13-12-14-8-11(3)9-15-12/h8-10H,5-7H2,1-4H3,(H,13,14,15). The molecule has 0 atom stereocenters. The Labute approximate surface area is 115 Å². The molecule has 0 saturated heterocycles. The normalized spacial score (nSPS) is 12.1. The van der Waals surface area contributed by atoms with E-state index in [0.717, 1.165) is 5.56 Å². The van der Waals surface area contributed by atoms with Crippen molar-refractivity contribution in [1.29, 1.82) is 0 Å². The van der Waals surface area contributed by atoms with Gasteiger partial charge < -0.3 is 5.32 Å². The van der Waals surface area contributed by atoms with E-state index in [9.17, 15) is 8.42 Å². The molecular formula is C12H22N4O2S. The lowest BCUT2D eigenvalue weighted by Crippen LogP contribution is -2.37. The number of rotatable bonds is 7. The van der Waals surface area contributed by atoms with Crippen molar-refractivity contribution in [2.24, 2.45) is 0 Å². The van der Waals surface area contributed by atoms with Gasteiger partial charge in [-0.1, -0.05) is 0 Å². The first kappa shape index (κ1) is 15.8. The Bertz CT molecular complexity index is 485. The summed E-state index contributed by atoms with van der Waals surface area (Å²) in [6.07, 6.45) is 5.44. The van der Waals surface area contributed by atoms with Gasteiger partial charge in [0.05, 0.1) is 6.26 Å². The highest BCUT2D eigenvalue weighted by molar-refractivity contribution is 7.88. The average Bonchev–Trinajstić information content (AvgIpc) is 2.29. The van der Waals surface area contributed by atoms with Crippen molar-refractivity contribution in [1.82, 2.24) is 14.3 Å². The number of hydrogen-bond donors (Lipinski definition) is 1. The summed E-state index contributed by atoms with van der Waals surface area (Å²) in [5.74, 6) is 0.570. The molecule has 0 aliphatic rings. The minimum atomic E-state index is -3.14. The predicted octanol–water partition coefficient (Wildman–Crippen LogP) is 1.26. The van der Waals surface area contributed by atoms with Crippen LogP contribution < -0.4 is 5.32 Å². The molecule has 0 aliphatic carbocycles. The SMILES string of the molecule is Cc1cnc(NCCCN(C(C)C)S(C)(=O)=O)nc1. The zero-order valence-electron chi connectivity index (χ0n) is 11.9. The van der Waals surface area contributed by atoms with Gasteiger partial charge in [0, 0.05) is 31.5 Å². The molecule has 108 valence electrons. The highest BCUT2D eigenvalue weighted by Crippen LogP contribution is 2.06. The first-order chi connectivity index (χ1) is 8.80. The maximum absolute atomic E-state index is 11.6. The predicted molar refractivity (Wildman–Crippen MR) is 76.6 cm³/mol. The van der Waals surface area contributed by atoms with Gasteiger partial charge in [-0.25, -0.2) is 18.4 Å². The van der Waals surface area contributed by atoms with Crippen molar-refractivity contribution >= 4 is 16.0 Å². The Morgan fingerprint density at radius 3 is 2.37 bits per heavy atom. The van der Waals surface area contributed by atoms with Gasteiger partial charge in [-0.3, -0.25) is 0 Å². The van der Waals surface area contributed by atoms with Crippen molar-refractivity contribution in [3.63, 3.8) is 0 Å². The van der Waals surface area contributed by atoms with E-state index >= 15 is 0 Å². The largest absolute Gasteiger partial charge is 0.354 e. The number of nitrogens with one attached hydrogen (secondary N) is 1. The molecule has 0 spiro atoms. The van der Waals surface area contributed by atoms with Crippen LogP contribution in [0.4, 0.5) is 5.95 Å². The first-order valence-corrected chi connectivity index (χ1v) is 8.15. The van der Waals surface area contributed by atoms with Gasteiger partial charge in [-0.2, -0.15) is 4.31 Å². The number of anilines is 1. The van der Waals surface area contributed by atoms with Crippen LogP contribution in [0.2, 0.25) is 0 Å². The van der Waals surface area contributed by atoms with Crippen LogP contribution >= 0.6 is 0 Å². The number of sulfonamides is 1. The molecule has 1 N–H and O–H groups in total. The summed E-state index contributed by atoms with van der Waals surface area (Å²) in [6, 6.07) is -0.0226. The Hall–Kier alpha value is -1.21. The molecule has 1 heterocycles. The lowest BCUT2D eigenvalue weighted by atomic mass is 10.3. The number of nitrogens with zero attached hydrogens (tertiary/aromatic N) is 3. The summed E-state index contributed by atoms with van der Waals surface area (Å²) in [6.45, 7) is 6.81. The summed E-state index contributed by atoms with van der Waals surface area (Å²) < 4.78 is 24.6. The summed E-state index contributed by atoms with van der Waals surface area (Å²) in [4.78, 5) is 8.25. The third kappa shape index (κ3) is 5.52. The van der Waals surface area contributed by atoms with Gasteiger partial charge in [-0.15, -0.1) is 0 Å². The Balaban J connectivity index is 2.39. The minimum absolute atomic E-state index is 0.0226. The fourth-order valence-corrected chi connectivity index (χ4v) is 2.95. The third-order valence-corrected chi connectivity index (χ3v) is 4.08. The topological polar surface area (TPSA) is 75.2 Å². The van der Waals surface area contributed by atoms with Gasteiger partial charge in [0.15, 0.2) is 0 Å². The third-order valence-electron chi connectivity index (χ3n) is 2.62. The quantitative estimate of drug-likeness (QED) is 0.764. The zero-order chi connectivity index (χ0) is 14.5. The summed E-state index contributed by atoms with van der Waals surface area (Å²) in [7, 11) is -3.14. The van der Waals surface area contributed by atoms with Gasteiger partial charge in [0.2, 0.25) is 16.0 Å². The first-order valence-electron chi connectivity index (χ1n) is 6.30. The summed E-state index contributed by atoms with van der Waals surface area (Å²) in [5.41, 5.74) is 1.01. The van der Waals surface area contributed by atoms with E-state index in [-0.39, 0.29) is 6.04 Å². The van der Waals surface area contributed by atoms with Gasteiger partial charge in [0.25, 0.3) is 0 Å². The molecule has 0 aromatic carbocycles. The average molecular weight is 286 g/mol. The molecule has 19 heavy (non-hydrogen) atoms. The Kier molecular flexibility index (Phi) is 5.68.